The van der Waals surface area contributed by atoms with Crippen molar-refractivity contribution in [2.24, 2.45) is 5.41 Å². The Morgan fingerprint density at radius 1 is 1.22 bits per heavy atom. The van der Waals surface area contributed by atoms with Gasteiger partial charge in [-0.25, -0.2) is 0 Å². The quantitative estimate of drug-likeness (QED) is 0.865. The van der Waals surface area contributed by atoms with Crippen molar-refractivity contribution >= 4 is 23.5 Å². The topological polar surface area (TPSA) is 77.8 Å². The summed E-state index contributed by atoms with van der Waals surface area (Å²) in [5.74, 6) is -0.925. The van der Waals surface area contributed by atoms with Crippen molar-refractivity contribution in [3.05, 3.63) is 34.9 Å². The smallest absolute Gasteiger partial charge is 0.303 e. The predicted octanol–water partition coefficient (Wildman–Crippen LogP) is 2.62. The molecule has 124 valence electrons. The molecule has 2 N–H and O–H groups in total. The Bertz CT molecular complexity index is 612. The second kappa shape index (κ2) is 6.13. The number of carbonyl (C=O) groups excluding carboxylic acids is 1. The number of carboxylic acid groups (broad SMARTS) is 1. The van der Waals surface area contributed by atoms with Gasteiger partial charge in [-0.1, -0.05) is 23.7 Å². The van der Waals surface area contributed by atoms with Crippen LogP contribution in [0.3, 0.4) is 0 Å². The van der Waals surface area contributed by atoms with Crippen LogP contribution in [-0.2, 0) is 9.59 Å². The van der Waals surface area contributed by atoms with Gasteiger partial charge in [0.25, 0.3) is 0 Å². The van der Waals surface area contributed by atoms with Crippen molar-refractivity contribution in [3.8, 4) is 0 Å². The summed E-state index contributed by atoms with van der Waals surface area (Å²) < 4.78 is 0. The summed E-state index contributed by atoms with van der Waals surface area (Å²) in [7, 11) is 0. The van der Waals surface area contributed by atoms with Crippen molar-refractivity contribution in [3.63, 3.8) is 0 Å². The van der Waals surface area contributed by atoms with Crippen molar-refractivity contribution < 1.29 is 19.8 Å². The highest BCUT2D eigenvalue weighted by Crippen LogP contribution is 2.52. The molecule has 1 aromatic rings. The number of aliphatic hydroxyl groups excluding tert-OH is 1. The van der Waals surface area contributed by atoms with E-state index in [2.05, 4.69) is 0 Å². The first-order valence-electron chi connectivity index (χ1n) is 7.85. The average Bonchev–Trinajstić information content (AvgIpc) is 3.10. The van der Waals surface area contributed by atoms with Crippen LogP contribution in [0.4, 0.5) is 0 Å². The molecule has 0 bridgehead atoms. The Morgan fingerprint density at radius 2 is 1.87 bits per heavy atom. The van der Waals surface area contributed by atoms with E-state index in [4.69, 9.17) is 16.7 Å². The Balaban J connectivity index is 1.74. The third-order valence-corrected chi connectivity index (χ3v) is 5.16. The zero-order chi connectivity index (χ0) is 16.6. The maximum Gasteiger partial charge on any atom is 0.303 e. The molecule has 0 unspecified atom stereocenters. The molecule has 1 heterocycles. The molecule has 1 amide bonds. The van der Waals surface area contributed by atoms with Crippen LogP contribution >= 0.6 is 11.6 Å². The number of aliphatic carboxylic acids is 1. The molecule has 23 heavy (non-hydrogen) atoms. The van der Waals surface area contributed by atoms with E-state index in [1.165, 1.54) is 0 Å². The first-order chi connectivity index (χ1) is 10.9. The molecule has 2 atom stereocenters. The highest BCUT2D eigenvalue weighted by Gasteiger charge is 2.48. The van der Waals surface area contributed by atoms with Gasteiger partial charge < -0.3 is 15.1 Å². The van der Waals surface area contributed by atoms with E-state index in [1.807, 2.05) is 12.1 Å². The number of carboxylic acids is 1. The highest BCUT2D eigenvalue weighted by atomic mass is 35.5. The number of halogens is 1. The van der Waals surface area contributed by atoms with Crippen LogP contribution in [0.5, 0.6) is 0 Å². The summed E-state index contributed by atoms with van der Waals surface area (Å²) in [6.45, 7) is 0.496. The maximum atomic E-state index is 12.7. The number of nitrogens with zero attached hydrogens (tertiary/aromatic N) is 1. The number of aliphatic hydroxyl groups is 1. The number of carbonyl (C=O) groups is 2. The summed E-state index contributed by atoms with van der Waals surface area (Å²) in [5.41, 5.74) is 0.483. The fourth-order valence-corrected chi connectivity index (χ4v) is 3.58. The molecular weight excluding hydrogens is 318 g/mol. The van der Waals surface area contributed by atoms with Crippen LogP contribution in [0, 0.1) is 5.41 Å². The van der Waals surface area contributed by atoms with Crippen molar-refractivity contribution in [2.75, 3.05) is 6.54 Å². The molecule has 0 aromatic heterocycles. The molecule has 1 saturated carbocycles. The first kappa shape index (κ1) is 16.3. The lowest BCUT2D eigenvalue weighted by molar-refractivity contribution is -0.139. The first-order valence-corrected chi connectivity index (χ1v) is 8.23. The largest absolute Gasteiger partial charge is 0.481 e. The van der Waals surface area contributed by atoms with Gasteiger partial charge in [0.1, 0.15) is 0 Å². The normalized spacial score (nSPS) is 25.4. The molecule has 2 fully saturated rings. The number of amides is 1. The van der Waals surface area contributed by atoms with Crippen LogP contribution in [0.25, 0.3) is 0 Å². The summed E-state index contributed by atoms with van der Waals surface area (Å²) in [5, 5.41) is 19.9. The molecule has 0 spiro atoms. The summed E-state index contributed by atoms with van der Waals surface area (Å²) >= 11 is 5.90. The lowest BCUT2D eigenvalue weighted by atomic mass is 9.96. The molecule has 0 radical (unpaired) electrons. The second-order valence-corrected chi connectivity index (χ2v) is 7.12. The standard InChI is InChI=1S/C17H20ClNO4/c18-12-3-1-11(2-4-12)16-13(20)5-8-19(16)14(21)9-17(6-7-17)10-15(22)23/h1-4,13,16,20H,5-10H2,(H,22,23)/t13-,16-/m1/s1. The Kier molecular flexibility index (Phi) is 4.34. The van der Waals surface area contributed by atoms with Gasteiger partial charge in [-0.3, -0.25) is 9.59 Å². The number of hydrogen-bond donors (Lipinski definition) is 2. The second-order valence-electron chi connectivity index (χ2n) is 6.69. The fourth-order valence-electron chi connectivity index (χ4n) is 3.45. The lowest BCUT2D eigenvalue weighted by Crippen LogP contribution is -2.35. The van der Waals surface area contributed by atoms with E-state index < -0.39 is 12.1 Å². The van der Waals surface area contributed by atoms with Crippen LogP contribution in [0.15, 0.2) is 24.3 Å². The van der Waals surface area contributed by atoms with Gasteiger partial charge in [0.15, 0.2) is 0 Å². The van der Waals surface area contributed by atoms with Gasteiger partial charge in [0.05, 0.1) is 18.6 Å². The minimum atomic E-state index is -0.856. The summed E-state index contributed by atoms with van der Waals surface area (Å²) in [4.78, 5) is 25.3. The van der Waals surface area contributed by atoms with Crippen molar-refractivity contribution in [1.82, 2.24) is 4.90 Å². The number of benzene rings is 1. The zero-order valence-electron chi connectivity index (χ0n) is 12.7. The number of rotatable bonds is 5. The van der Waals surface area contributed by atoms with Gasteiger partial charge in [-0.2, -0.15) is 0 Å². The van der Waals surface area contributed by atoms with Crippen LogP contribution in [-0.4, -0.2) is 39.6 Å². The molecular formula is C17H20ClNO4. The van der Waals surface area contributed by atoms with Gasteiger partial charge in [0, 0.05) is 18.0 Å². The van der Waals surface area contributed by atoms with E-state index >= 15 is 0 Å². The molecule has 1 aliphatic heterocycles. The SMILES string of the molecule is O=C(O)CC1(CC(=O)N2CC[C@@H](O)[C@H]2c2ccc(Cl)cc2)CC1. The minimum absolute atomic E-state index is 0.0424. The monoisotopic (exact) mass is 337 g/mol. The molecule has 3 rings (SSSR count). The van der Waals surface area contributed by atoms with E-state index in [-0.39, 0.29) is 30.2 Å². The molecule has 1 aliphatic carbocycles. The van der Waals surface area contributed by atoms with Crippen LogP contribution in [0.2, 0.25) is 5.02 Å². The molecule has 1 aromatic carbocycles. The third-order valence-electron chi connectivity index (χ3n) is 4.91. The Morgan fingerprint density at radius 3 is 2.43 bits per heavy atom. The van der Waals surface area contributed by atoms with Gasteiger partial charge >= 0.3 is 5.97 Å². The highest BCUT2D eigenvalue weighted by molar-refractivity contribution is 6.30. The third kappa shape index (κ3) is 3.51. The van der Waals surface area contributed by atoms with E-state index in [0.29, 0.717) is 18.0 Å². The lowest BCUT2D eigenvalue weighted by Gasteiger charge is -2.28. The maximum absolute atomic E-state index is 12.7. The van der Waals surface area contributed by atoms with Gasteiger partial charge in [-0.15, -0.1) is 0 Å². The molecule has 5 nitrogen and oxygen atoms in total. The molecule has 2 aliphatic rings. The van der Waals surface area contributed by atoms with E-state index in [0.717, 1.165) is 18.4 Å². The molecule has 1 saturated heterocycles. The molecule has 6 heteroatoms. The zero-order valence-corrected chi connectivity index (χ0v) is 13.5. The van der Waals surface area contributed by atoms with E-state index in [1.54, 1.807) is 17.0 Å². The predicted molar refractivity (Wildman–Crippen MR) is 85.1 cm³/mol. The Labute approximate surface area is 139 Å². The Hall–Kier alpha value is -1.59. The van der Waals surface area contributed by atoms with Crippen molar-refractivity contribution in [1.29, 1.82) is 0 Å². The number of hydrogen-bond acceptors (Lipinski definition) is 3. The minimum Gasteiger partial charge on any atom is -0.481 e. The van der Waals surface area contributed by atoms with Crippen LogP contribution in [0.1, 0.15) is 43.7 Å². The van der Waals surface area contributed by atoms with Crippen LogP contribution < -0.4 is 0 Å². The summed E-state index contributed by atoms with van der Waals surface area (Å²) in [6.07, 6.45) is 1.79. The summed E-state index contributed by atoms with van der Waals surface area (Å²) in [6, 6.07) is 6.77. The number of likely N-dealkylation sites (tertiary alicyclic amines) is 1. The van der Waals surface area contributed by atoms with Gasteiger partial charge in [-0.05, 0) is 42.4 Å². The van der Waals surface area contributed by atoms with E-state index in [9.17, 15) is 14.7 Å². The fraction of sp³-hybridized carbons (Fsp3) is 0.529. The average molecular weight is 338 g/mol. The van der Waals surface area contributed by atoms with Gasteiger partial charge in [0.2, 0.25) is 5.91 Å². The van der Waals surface area contributed by atoms with Crippen molar-refractivity contribution in [2.45, 2.75) is 44.2 Å².